The number of aromatic nitrogens is 4. The SMILES string of the molecule is C1=[CH][Sb]([c]2ccccn2)([c]2ccccn2)=[Sb]([c]2ccccn2)([c]2ccccn2)[CH]=C1. The number of hydrogen-bond donors (Lipinski definition) is 0. The first-order chi connectivity index (χ1) is 14.9. The van der Waals surface area contributed by atoms with Gasteiger partial charge in [0, 0.05) is 0 Å². The average Bonchev–Trinajstić information content (AvgIpc) is 2.86. The summed E-state index contributed by atoms with van der Waals surface area (Å²) in [4.78, 5) is 19.8. The molecule has 0 fully saturated rings. The predicted octanol–water partition coefficient (Wildman–Crippen LogP) is 1.38. The third-order valence-electron chi connectivity index (χ3n) is 5.21. The Morgan fingerprint density at radius 2 is 0.700 bits per heavy atom. The van der Waals surface area contributed by atoms with E-state index in [1.165, 1.54) is 14.6 Å². The van der Waals surface area contributed by atoms with Gasteiger partial charge in [-0.1, -0.05) is 0 Å². The zero-order valence-electron chi connectivity index (χ0n) is 16.2. The van der Waals surface area contributed by atoms with Crippen molar-refractivity contribution in [2.45, 2.75) is 0 Å². The van der Waals surface area contributed by atoms with E-state index in [9.17, 15) is 0 Å². The summed E-state index contributed by atoms with van der Waals surface area (Å²) in [5.74, 6) is 0. The summed E-state index contributed by atoms with van der Waals surface area (Å²) >= 11 is -7.05. The zero-order valence-corrected chi connectivity index (χ0v) is 21.3. The number of pyridine rings is 4. The summed E-state index contributed by atoms with van der Waals surface area (Å²) in [6.45, 7) is 0. The number of allylic oxidation sites excluding steroid dienone is 2. The van der Waals surface area contributed by atoms with Crippen molar-refractivity contribution < 1.29 is 0 Å². The van der Waals surface area contributed by atoms with Crippen molar-refractivity contribution >= 4 is 42.6 Å². The Kier molecular flexibility index (Phi) is 5.54. The van der Waals surface area contributed by atoms with E-state index in [4.69, 9.17) is 19.9 Å². The van der Waals surface area contributed by atoms with Crippen LogP contribution in [0.3, 0.4) is 0 Å². The molecule has 4 aromatic rings. The molecule has 0 aromatic carbocycles. The van der Waals surface area contributed by atoms with Gasteiger partial charge in [0.15, 0.2) is 0 Å². The minimum absolute atomic E-state index is 1.18. The van der Waals surface area contributed by atoms with Crippen LogP contribution in [-0.2, 0) is 0 Å². The van der Waals surface area contributed by atoms with E-state index in [-0.39, 0.29) is 0 Å². The van der Waals surface area contributed by atoms with E-state index in [1.807, 2.05) is 49.1 Å². The summed E-state index contributed by atoms with van der Waals surface area (Å²) < 4.78 is 9.65. The van der Waals surface area contributed by atoms with Gasteiger partial charge in [-0.15, -0.1) is 0 Å². The molecule has 5 rings (SSSR count). The standard InChI is InChI=1S/4C5H4N.C4H4.2Sb/c4*1-2-4-6-5-3-1;1-3-4-2;;/h4*1-4H;1-4H;;. The molecule has 146 valence electrons. The molecule has 0 atom stereocenters. The van der Waals surface area contributed by atoms with Crippen LogP contribution in [0.4, 0.5) is 0 Å². The molecule has 0 saturated carbocycles. The Labute approximate surface area is 179 Å². The maximum absolute atomic E-state index is 4.96. The van der Waals surface area contributed by atoms with E-state index in [1.54, 1.807) is 0 Å². The molecule has 4 aromatic heterocycles. The fourth-order valence-corrected chi connectivity index (χ4v) is 65.1. The van der Waals surface area contributed by atoms with Gasteiger partial charge in [-0.05, 0) is 0 Å². The van der Waals surface area contributed by atoms with Gasteiger partial charge in [-0.25, -0.2) is 0 Å². The van der Waals surface area contributed by atoms with Gasteiger partial charge in [0.1, 0.15) is 0 Å². The summed E-state index contributed by atoms with van der Waals surface area (Å²) in [5.41, 5.74) is 0. The van der Waals surface area contributed by atoms with Crippen LogP contribution in [0.2, 0.25) is 0 Å². The molecule has 1 aliphatic heterocycles. The van der Waals surface area contributed by atoms with Crippen LogP contribution >= 0.6 is 0 Å². The Balaban J connectivity index is 2.12. The van der Waals surface area contributed by atoms with Crippen LogP contribution in [0.1, 0.15) is 0 Å². The maximum atomic E-state index is 4.96. The van der Waals surface area contributed by atoms with E-state index >= 15 is 0 Å². The fourth-order valence-electron chi connectivity index (χ4n) is 3.97. The molecule has 0 unspecified atom stereocenters. The molecule has 0 aliphatic carbocycles. The van der Waals surface area contributed by atoms with Gasteiger partial charge >= 0.3 is 180 Å². The van der Waals surface area contributed by atoms with Gasteiger partial charge in [0.2, 0.25) is 0 Å². The molecule has 0 radical (unpaired) electrons. The van der Waals surface area contributed by atoms with E-state index < -0.39 is 28.1 Å². The second-order valence-electron chi connectivity index (χ2n) is 6.81. The van der Waals surface area contributed by atoms with Crippen molar-refractivity contribution in [1.29, 1.82) is 0 Å². The molecule has 0 spiro atoms. The van der Waals surface area contributed by atoms with E-state index in [0.717, 1.165) is 0 Å². The van der Waals surface area contributed by atoms with Crippen molar-refractivity contribution in [3.05, 3.63) is 118 Å². The molecule has 0 amide bonds. The second-order valence-corrected chi connectivity index (χ2v) is 45.7. The second kappa shape index (κ2) is 8.45. The van der Waals surface area contributed by atoms with Crippen LogP contribution in [0.25, 0.3) is 0 Å². The van der Waals surface area contributed by atoms with Gasteiger partial charge in [0.25, 0.3) is 0 Å². The monoisotopic (exact) mass is 606 g/mol. The third-order valence-corrected chi connectivity index (χ3v) is 62.3. The molecule has 1 aliphatic rings. The van der Waals surface area contributed by atoms with Crippen LogP contribution in [0.5, 0.6) is 0 Å². The molecule has 6 heteroatoms. The topological polar surface area (TPSA) is 51.6 Å². The van der Waals surface area contributed by atoms with E-state index in [2.05, 4.69) is 68.7 Å². The summed E-state index contributed by atoms with van der Waals surface area (Å²) in [5, 5.41) is 0. The van der Waals surface area contributed by atoms with Crippen molar-refractivity contribution in [3.8, 4) is 0 Å². The van der Waals surface area contributed by atoms with Crippen LogP contribution < -0.4 is 14.6 Å². The van der Waals surface area contributed by atoms with Gasteiger partial charge in [-0.3, -0.25) is 0 Å². The number of nitrogens with zero attached hydrogens (tertiary/aromatic N) is 4. The normalized spacial score (nSPS) is 16.3. The predicted molar refractivity (Wildman–Crippen MR) is 125 cm³/mol. The average molecular weight is 608 g/mol. The molecule has 0 saturated heterocycles. The molecule has 5 heterocycles. The fraction of sp³-hybridized carbons (Fsp3) is 0. The molecule has 0 bridgehead atoms. The Hall–Kier alpha value is -2.28. The molecular formula is C24H20N4Sb2. The van der Waals surface area contributed by atoms with Crippen molar-refractivity contribution in [2.75, 3.05) is 0 Å². The first-order valence-electron chi connectivity index (χ1n) is 9.69. The Morgan fingerprint density at radius 1 is 0.400 bits per heavy atom. The van der Waals surface area contributed by atoms with Gasteiger partial charge in [0.05, 0.1) is 0 Å². The third kappa shape index (κ3) is 3.05. The van der Waals surface area contributed by atoms with Gasteiger partial charge < -0.3 is 0 Å². The zero-order chi connectivity index (χ0) is 20.3. The first-order valence-corrected chi connectivity index (χ1v) is 26.5. The summed E-state index contributed by atoms with van der Waals surface area (Å²) in [6.07, 6.45) is 12.0. The molecule has 4 nitrogen and oxygen atoms in total. The Bertz CT molecular complexity index is 1100. The van der Waals surface area contributed by atoms with Crippen molar-refractivity contribution in [1.82, 2.24) is 19.9 Å². The van der Waals surface area contributed by atoms with Crippen molar-refractivity contribution in [3.63, 3.8) is 0 Å². The number of hydrogen-bond acceptors (Lipinski definition) is 4. The molecule has 0 N–H and O–H groups in total. The van der Waals surface area contributed by atoms with E-state index in [0.29, 0.717) is 0 Å². The van der Waals surface area contributed by atoms with Gasteiger partial charge in [-0.2, -0.15) is 0 Å². The first kappa shape index (κ1) is 19.7. The molecule has 30 heavy (non-hydrogen) atoms. The minimum atomic E-state index is -3.53. The van der Waals surface area contributed by atoms with Crippen LogP contribution in [0, 0.1) is 0 Å². The van der Waals surface area contributed by atoms with Crippen LogP contribution in [0.15, 0.2) is 118 Å². The summed E-state index contributed by atoms with van der Waals surface area (Å²) in [7, 11) is 0. The van der Waals surface area contributed by atoms with Crippen molar-refractivity contribution in [2.24, 2.45) is 0 Å². The quantitative estimate of drug-likeness (QED) is 0.329. The number of rotatable bonds is 4. The van der Waals surface area contributed by atoms with Crippen LogP contribution in [-0.4, -0.2) is 48.0 Å². The molecular weight excluding hydrogens is 588 g/mol. The Morgan fingerprint density at radius 3 is 0.933 bits per heavy atom. The summed E-state index contributed by atoms with van der Waals surface area (Å²) in [6, 6.07) is 25.1.